The molecule has 7 aliphatic heterocycles. The van der Waals surface area contributed by atoms with Gasteiger partial charge in [0.2, 0.25) is 0 Å². The first-order valence-corrected chi connectivity index (χ1v) is 53.8. The van der Waals surface area contributed by atoms with Crippen LogP contribution in [0.15, 0.2) is 180 Å². The number of rotatable bonds is 36. The van der Waals surface area contributed by atoms with Crippen LogP contribution >= 0.6 is 23.2 Å². The highest BCUT2D eigenvalue weighted by Crippen LogP contribution is 2.42. The van der Waals surface area contributed by atoms with Crippen molar-refractivity contribution < 1.29 is 32.1 Å². The molecule has 5 aromatic carbocycles. The molecule has 0 amide bonds. The zero-order valence-corrected chi connectivity index (χ0v) is 91.7. The summed E-state index contributed by atoms with van der Waals surface area (Å²) in [6, 6.07) is 44.3. The van der Waals surface area contributed by atoms with E-state index in [0.717, 1.165) is 144 Å². The first-order valence-electron chi connectivity index (χ1n) is 53.0. The van der Waals surface area contributed by atoms with Crippen LogP contribution in [0.2, 0.25) is 10.0 Å². The van der Waals surface area contributed by atoms with Crippen LogP contribution in [0.1, 0.15) is 319 Å². The highest BCUT2D eigenvalue weighted by atomic mass is 35.5. The molecule has 0 aromatic heterocycles. The Bertz CT molecular complexity index is 4350. The van der Waals surface area contributed by atoms with Crippen molar-refractivity contribution in [1.82, 2.24) is 29.4 Å². The summed E-state index contributed by atoms with van der Waals surface area (Å²) in [5.41, 5.74) is 22.0. The zero-order chi connectivity index (χ0) is 100. The number of anilines is 1. The van der Waals surface area contributed by atoms with E-state index in [9.17, 15) is 13.2 Å². The maximum atomic E-state index is 12.8. The van der Waals surface area contributed by atoms with Crippen LogP contribution in [0.4, 0.5) is 18.9 Å². The SMILES string of the molecule is CC(C)=CC(CC(C)(C)c1ccc(C(F)(F)F)cc1)N1CCC(N)CC1.CC(C)=CC(CC(C)(C)c1ccc(Cl)cc1)N1CCC(N2CCOCC2)CC1.COC1CCN(C(C=C(C)C)CC(C)(C)c2ccc(Cl)cc2)CC1.COCCCC1CCN(C(C=C(C)C)CC(C)(C)c2ccc(C)cc2)CC1.COCCCC1CCN(C(C=C(C)C)CC(C)(C)c2ccc(N3CCCCC3)cc2)CC1. The maximum Gasteiger partial charge on any atom is 0.416 e. The van der Waals surface area contributed by atoms with Crippen LogP contribution in [0.3, 0.4) is 0 Å². The molecule has 0 aliphatic carbocycles. The monoisotopic (exact) mass is 1930 g/mol. The molecule has 0 saturated carbocycles. The second-order valence-electron chi connectivity index (χ2n) is 46.0. The molecule has 7 fully saturated rings. The van der Waals surface area contributed by atoms with E-state index in [0.29, 0.717) is 30.3 Å². The minimum atomic E-state index is -4.29. The van der Waals surface area contributed by atoms with Crippen molar-refractivity contribution >= 4 is 28.9 Å². The number of hydrogen-bond acceptors (Lipinski definition) is 12. The van der Waals surface area contributed by atoms with E-state index in [-0.39, 0.29) is 39.2 Å². The number of ether oxygens (including phenoxy) is 4. The molecule has 7 aliphatic rings. The number of nitrogens with two attached hydrogens (primary N) is 1. The fourth-order valence-corrected chi connectivity index (χ4v) is 22.4. The molecule has 0 spiro atoms. The number of likely N-dealkylation sites (tertiary alicyclic amines) is 5. The van der Waals surface area contributed by atoms with Crippen molar-refractivity contribution in [2.45, 2.75) is 368 Å². The van der Waals surface area contributed by atoms with Crippen LogP contribution < -0.4 is 10.6 Å². The van der Waals surface area contributed by atoms with Crippen LogP contribution in [-0.2, 0) is 52.2 Å². The van der Waals surface area contributed by atoms with E-state index >= 15 is 0 Å². The summed E-state index contributed by atoms with van der Waals surface area (Å²) in [7, 11) is 5.45. The van der Waals surface area contributed by atoms with Gasteiger partial charge in [-0.15, -0.1) is 0 Å². The van der Waals surface area contributed by atoms with Gasteiger partial charge < -0.3 is 29.6 Å². The lowest BCUT2D eigenvalue weighted by atomic mass is 9.77. The van der Waals surface area contributed by atoms with Crippen molar-refractivity contribution in [3.05, 3.63) is 229 Å². The van der Waals surface area contributed by atoms with Gasteiger partial charge in [-0.1, -0.05) is 229 Å². The number of halogens is 5. The number of nitrogens with zero attached hydrogens (tertiary/aromatic N) is 7. The van der Waals surface area contributed by atoms with Crippen LogP contribution in [0, 0.1) is 18.8 Å². The van der Waals surface area contributed by atoms with Gasteiger partial charge in [0.05, 0.1) is 24.9 Å². The number of aryl methyl sites for hydroxylation is 1. The largest absolute Gasteiger partial charge is 0.416 e. The molecule has 7 saturated heterocycles. The summed E-state index contributed by atoms with van der Waals surface area (Å²) in [5.74, 6) is 1.76. The second kappa shape index (κ2) is 57.3. The van der Waals surface area contributed by atoms with Gasteiger partial charge in [-0.25, -0.2) is 0 Å². The Morgan fingerprint density at radius 3 is 0.949 bits per heavy atom. The molecular weight excluding hydrogens is 1750 g/mol. The molecule has 0 bridgehead atoms. The topological polar surface area (TPSA) is 85.6 Å². The number of benzene rings is 5. The van der Waals surface area contributed by atoms with Gasteiger partial charge in [0.1, 0.15) is 0 Å². The lowest BCUT2D eigenvalue weighted by Crippen LogP contribution is -2.51. The van der Waals surface area contributed by atoms with E-state index < -0.39 is 11.7 Å². The zero-order valence-electron chi connectivity index (χ0n) is 90.2. The third kappa shape index (κ3) is 40.2. The molecule has 137 heavy (non-hydrogen) atoms. The quantitative estimate of drug-likeness (QED) is 0.0306. The smallest absolute Gasteiger partial charge is 0.385 e. The summed E-state index contributed by atoms with van der Waals surface area (Å²) in [4.78, 5) is 18.5. The van der Waals surface area contributed by atoms with Gasteiger partial charge >= 0.3 is 6.18 Å². The summed E-state index contributed by atoms with van der Waals surface area (Å²) in [6.07, 6.45) is 35.1. The Kier molecular flexibility index (Phi) is 48.8. The first-order chi connectivity index (χ1) is 64.8. The molecule has 17 heteroatoms. The molecule has 0 radical (unpaired) electrons. The Morgan fingerprint density at radius 2 is 0.650 bits per heavy atom. The predicted octanol–water partition coefficient (Wildman–Crippen LogP) is 28.7. The van der Waals surface area contributed by atoms with E-state index in [1.807, 2.05) is 45.6 Å². The van der Waals surface area contributed by atoms with Crippen LogP contribution in [0.25, 0.3) is 0 Å². The van der Waals surface area contributed by atoms with Gasteiger partial charge in [-0.3, -0.25) is 29.4 Å². The van der Waals surface area contributed by atoms with Crippen LogP contribution in [0.5, 0.6) is 0 Å². The first kappa shape index (κ1) is 117. The number of morpholine rings is 1. The predicted molar refractivity (Wildman–Crippen MR) is 581 cm³/mol. The third-order valence-corrected chi connectivity index (χ3v) is 31.2. The Morgan fingerprint density at radius 1 is 0.372 bits per heavy atom. The van der Waals surface area contributed by atoms with Crippen molar-refractivity contribution in [1.29, 1.82) is 0 Å². The minimum Gasteiger partial charge on any atom is -0.385 e. The standard InChI is InChI=1S/C29H48N2O.C25H41NO.C24H37ClN2O.C21H32ClNO.C21H31F3N2/c1-24(2)22-28(31-19-15-25(16-20-31)10-9-21-32-5)23-29(3,4)26-11-13-27(14-12-26)30-17-7-6-8-18-30;1-20(2)18-24(19-25(4,5)23-11-9-21(3)10-12-23)26-15-13-22(14-16-26)8-7-17-27-6;1-19(2)17-23(18-24(3,4)20-5-7-21(25)8-6-20)26-11-9-22(10-12-26)27-13-15-28-16-14-27;1-16(2)14-19(23-12-10-20(24-5)11-13-23)15-21(3,4)17-6-8-18(22)9-7-17;1-15(2)13-19(26-11-9-18(25)10-12-26)14-20(3,4)16-5-7-17(8-6-16)21(22,23)24/h11-14,22,25,28H,6-10,15-21,23H2,1-5H3;9-12,18,22,24H,7-8,13-17,19H2,1-6H3;5-8,17,22-23H,9-16,18H2,1-4H3;6-9,14,19-20H,10-13,15H2,1-5H3;5-8,13,18-19H,9-12,14,25H2,1-4H3. The highest BCUT2D eigenvalue weighted by Gasteiger charge is 2.39. The number of allylic oxidation sites excluding steroid dienone is 5. The van der Waals surface area contributed by atoms with Crippen LogP contribution in [-0.4, -0.2) is 217 Å². The third-order valence-electron chi connectivity index (χ3n) is 30.7. The molecule has 7 heterocycles. The number of alkyl halides is 3. The molecule has 12 rings (SSSR count). The van der Waals surface area contributed by atoms with Crippen molar-refractivity contribution in [3.8, 4) is 0 Å². The molecular formula is C120H189Cl2F3N8O4. The average Bonchev–Trinajstić information content (AvgIpc) is 0.808. The van der Waals surface area contributed by atoms with E-state index in [4.69, 9.17) is 47.9 Å². The van der Waals surface area contributed by atoms with Crippen molar-refractivity contribution in [3.63, 3.8) is 0 Å². The minimum absolute atomic E-state index is 0.110. The second-order valence-corrected chi connectivity index (χ2v) is 46.9. The fourth-order valence-electron chi connectivity index (χ4n) is 22.2. The van der Waals surface area contributed by atoms with Gasteiger partial charge in [0.15, 0.2) is 0 Å². The highest BCUT2D eigenvalue weighted by molar-refractivity contribution is 6.30. The number of methoxy groups -OCH3 is 3. The van der Waals surface area contributed by atoms with Crippen molar-refractivity contribution in [2.24, 2.45) is 17.6 Å². The lowest BCUT2D eigenvalue weighted by molar-refractivity contribution is -0.137. The summed E-state index contributed by atoms with van der Waals surface area (Å²) >= 11 is 12.2. The normalized spacial score (nSPS) is 19.2. The van der Waals surface area contributed by atoms with Gasteiger partial charge in [0, 0.05) is 158 Å². The van der Waals surface area contributed by atoms with Gasteiger partial charge in [-0.05, 0) is 359 Å². The van der Waals surface area contributed by atoms with Gasteiger partial charge in [0.25, 0.3) is 0 Å². The Labute approximate surface area is 843 Å². The summed E-state index contributed by atoms with van der Waals surface area (Å²) in [6.45, 7) is 67.2. The molecule has 2 N–H and O–H groups in total. The molecule has 5 atom stereocenters. The number of piperidine rings is 6. The molecule has 768 valence electrons. The lowest BCUT2D eigenvalue weighted by Gasteiger charge is -2.43. The number of hydrogen-bond donors (Lipinski definition) is 1. The molecule has 5 aromatic rings. The van der Waals surface area contributed by atoms with E-state index in [1.54, 1.807) is 12.1 Å². The Balaban J connectivity index is 0.000000211. The van der Waals surface area contributed by atoms with Crippen molar-refractivity contribution in [2.75, 3.05) is 144 Å². The molecule has 12 nitrogen and oxygen atoms in total. The Hall–Kier alpha value is -5.47. The summed E-state index contributed by atoms with van der Waals surface area (Å²) in [5, 5.41) is 1.61. The van der Waals surface area contributed by atoms with Gasteiger partial charge in [-0.2, -0.15) is 13.2 Å². The fraction of sp³-hybridized carbons (Fsp3) is 0.667. The summed E-state index contributed by atoms with van der Waals surface area (Å²) < 4.78 is 60.0. The van der Waals surface area contributed by atoms with E-state index in [1.165, 1.54) is 222 Å². The van der Waals surface area contributed by atoms with E-state index in [2.05, 4.69) is 283 Å². The molecule has 5 unspecified atom stereocenters. The average molecular weight is 1940 g/mol. The maximum absolute atomic E-state index is 12.8.